The van der Waals surface area contributed by atoms with E-state index < -0.39 is 15.7 Å². The van der Waals surface area contributed by atoms with E-state index in [2.05, 4.69) is 4.98 Å². The Hall–Kier alpha value is -3.20. The molecule has 0 atom stereocenters. The number of imidazole rings is 1. The lowest BCUT2D eigenvalue weighted by molar-refractivity contribution is 0.0730. The summed E-state index contributed by atoms with van der Waals surface area (Å²) in [6.45, 7) is 4.63. The molecular formula is C26H30FN3O4S. The maximum Gasteiger partial charge on any atom is 0.254 e. The van der Waals surface area contributed by atoms with Crippen LogP contribution in [0.5, 0.6) is 5.75 Å². The van der Waals surface area contributed by atoms with Gasteiger partial charge in [0, 0.05) is 18.2 Å². The predicted molar refractivity (Wildman–Crippen MR) is 130 cm³/mol. The number of halogens is 1. The molecule has 0 aliphatic heterocycles. The number of aromatic nitrogens is 2. The molecule has 4 rings (SSSR count). The zero-order chi connectivity index (χ0) is 25.2. The van der Waals surface area contributed by atoms with Crippen LogP contribution in [0.3, 0.4) is 0 Å². The highest BCUT2D eigenvalue weighted by atomic mass is 32.2. The summed E-state index contributed by atoms with van der Waals surface area (Å²) in [4.78, 5) is 19.4. The second kappa shape index (κ2) is 10.2. The quantitative estimate of drug-likeness (QED) is 0.406. The van der Waals surface area contributed by atoms with Crippen molar-refractivity contribution in [2.75, 3.05) is 13.7 Å². The number of amides is 1. The van der Waals surface area contributed by atoms with Gasteiger partial charge in [-0.05, 0) is 74.6 Å². The Morgan fingerprint density at radius 1 is 1.14 bits per heavy atom. The van der Waals surface area contributed by atoms with Crippen LogP contribution >= 0.6 is 0 Å². The van der Waals surface area contributed by atoms with Gasteiger partial charge in [-0.15, -0.1) is 0 Å². The number of carbonyl (C=O) groups is 1. The van der Waals surface area contributed by atoms with Crippen LogP contribution < -0.4 is 4.74 Å². The van der Waals surface area contributed by atoms with E-state index in [1.54, 1.807) is 47.0 Å². The van der Waals surface area contributed by atoms with Crippen LogP contribution in [0, 0.1) is 11.7 Å². The summed E-state index contributed by atoms with van der Waals surface area (Å²) in [5.74, 6) is 0.298. The molecule has 0 radical (unpaired) electrons. The number of carbonyl (C=O) groups excluding carboxylic acids is 1. The topological polar surface area (TPSA) is 81.5 Å². The van der Waals surface area contributed by atoms with E-state index in [1.165, 1.54) is 24.3 Å². The summed E-state index contributed by atoms with van der Waals surface area (Å²) in [7, 11) is -2.22. The largest absolute Gasteiger partial charge is 0.497 e. The highest BCUT2D eigenvalue weighted by Crippen LogP contribution is 2.31. The van der Waals surface area contributed by atoms with Gasteiger partial charge in [-0.25, -0.2) is 17.8 Å². The number of rotatable bonds is 10. The molecule has 2 aromatic carbocycles. The fourth-order valence-electron chi connectivity index (χ4n) is 4.08. The SMILES string of the molecule is COc1ccc(C(=O)N(Cc2cnc(S(=O)(=O)Cc3ccc(F)cc3)n2C(C)C)CC2CC2)cc1. The van der Waals surface area contributed by atoms with Crippen LogP contribution in [-0.2, 0) is 22.1 Å². The smallest absolute Gasteiger partial charge is 0.254 e. The van der Waals surface area contributed by atoms with Gasteiger partial charge in [0.05, 0.1) is 31.3 Å². The average molecular weight is 500 g/mol. The molecule has 1 aliphatic carbocycles. The first kappa shape index (κ1) is 24.9. The van der Waals surface area contributed by atoms with Gasteiger partial charge in [-0.1, -0.05) is 12.1 Å². The van der Waals surface area contributed by atoms with E-state index in [0.717, 1.165) is 12.8 Å². The van der Waals surface area contributed by atoms with Crippen LogP contribution in [0.15, 0.2) is 59.9 Å². The normalized spacial score (nSPS) is 13.7. The summed E-state index contributed by atoms with van der Waals surface area (Å²) < 4.78 is 46.6. The van der Waals surface area contributed by atoms with Crippen molar-refractivity contribution in [3.05, 3.63) is 77.4 Å². The van der Waals surface area contributed by atoms with Crippen molar-refractivity contribution in [3.8, 4) is 5.75 Å². The monoisotopic (exact) mass is 499 g/mol. The molecule has 3 aromatic rings. The molecule has 186 valence electrons. The van der Waals surface area contributed by atoms with Crippen molar-refractivity contribution in [2.45, 2.75) is 50.2 Å². The predicted octanol–water partition coefficient (Wildman–Crippen LogP) is 4.64. The third-order valence-electron chi connectivity index (χ3n) is 6.06. The zero-order valence-corrected chi connectivity index (χ0v) is 21.0. The Balaban J connectivity index is 1.62. The van der Waals surface area contributed by atoms with Crippen LogP contribution in [0.25, 0.3) is 0 Å². The molecule has 1 heterocycles. The number of nitrogens with zero attached hydrogens (tertiary/aromatic N) is 3. The zero-order valence-electron chi connectivity index (χ0n) is 20.1. The number of hydrogen-bond acceptors (Lipinski definition) is 5. The molecule has 0 unspecified atom stereocenters. The Morgan fingerprint density at radius 2 is 1.80 bits per heavy atom. The van der Waals surface area contributed by atoms with Crippen molar-refractivity contribution < 1.29 is 22.3 Å². The Bertz CT molecular complexity index is 1280. The second-order valence-corrected chi connectivity index (χ2v) is 11.1. The molecule has 9 heteroatoms. The molecule has 1 aliphatic rings. The third kappa shape index (κ3) is 5.90. The summed E-state index contributed by atoms with van der Waals surface area (Å²) in [5.41, 5.74) is 1.68. The fraction of sp³-hybridized carbons (Fsp3) is 0.385. The van der Waals surface area contributed by atoms with Crippen molar-refractivity contribution in [1.82, 2.24) is 14.5 Å². The van der Waals surface area contributed by atoms with Gasteiger partial charge in [0.2, 0.25) is 15.0 Å². The summed E-state index contributed by atoms with van der Waals surface area (Å²) in [6, 6.07) is 12.2. The lowest BCUT2D eigenvalue weighted by Crippen LogP contribution is -2.33. The fourth-order valence-corrected chi connectivity index (χ4v) is 5.69. The standard InChI is InChI=1S/C26H30FN3O4S/c1-18(2)30-23(14-28-26(30)35(32,33)17-20-6-10-22(27)11-7-20)16-29(15-19-4-5-19)25(31)21-8-12-24(34-3)13-9-21/h6-14,18-19H,4-5,15-17H2,1-3H3. The average Bonchev–Trinajstić information content (AvgIpc) is 3.54. The summed E-state index contributed by atoms with van der Waals surface area (Å²) in [5, 5.41) is -0.0462. The van der Waals surface area contributed by atoms with E-state index in [9.17, 15) is 17.6 Å². The van der Waals surface area contributed by atoms with Crippen molar-refractivity contribution in [1.29, 1.82) is 0 Å². The second-order valence-electron chi connectivity index (χ2n) is 9.24. The first-order valence-electron chi connectivity index (χ1n) is 11.6. The first-order valence-corrected chi connectivity index (χ1v) is 13.3. The van der Waals surface area contributed by atoms with E-state index >= 15 is 0 Å². The molecule has 1 fully saturated rings. The number of ether oxygens (including phenoxy) is 1. The Morgan fingerprint density at radius 3 is 2.37 bits per heavy atom. The van der Waals surface area contributed by atoms with Crippen LogP contribution in [0.2, 0.25) is 0 Å². The van der Waals surface area contributed by atoms with Gasteiger partial charge in [0.15, 0.2) is 0 Å². The van der Waals surface area contributed by atoms with Crippen LogP contribution in [0.1, 0.15) is 54.3 Å². The van der Waals surface area contributed by atoms with Gasteiger partial charge in [0.1, 0.15) is 11.6 Å². The Labute approximate surface area is 205 Å². The summed E-state index contributed by atoms with van der Waals surface area (Å²) in [6.07, 6.45) is 3.69. The highest BCUT2D eigenvalue weighted by Gasteiger charge is 2.30. The van der Waals surface area contributed by atoms with Crippen molar-refractivity contribution >= 4 is 15.7 Å². The molecule has 1 aromatic heterocycles. The lowest BCUT2D eigenvalue weighted by Gasteiger charge is -2.25. The minimum absolute atomic E-state index is 0.0462. The molecule has 0 saturated heterocycles. The lowest BCUT2D eigenvalue weighted by atomic mass is 10.1. The van der Waals surface area contributed by atoms with Crippen LogP contribution in [0.4, 0.5) is 4.39 Å². The van der Waals surface area contributed by atoms with Gasteiger partial charge >= 0.3 is 0 Å². The molecule has 0 N–H and O–H groups in total. The van der Waals surface area contributed by atoms with E-state index in [-0.39, 0.29) is 29.4 Å². The third-order valence-corrected chi connectivity index (χ3v) is 7.63. The molecule has 1 amide bonds. The molecule has 0 spiro atoms. The molecule has 7 nitrogen and oxygen atoms in total. The van der Waals surface area contributed by atoms with Crippen LogP contribution in [-0.4, -0.2) is 42.4 Å². The van der Waals surface area contributed by atoms with Crippen molar-refractivity contribution in [2.24, 2.45) is 5.92 Å². The minimum atomic E-state index is -3.80. The van der Waals surface area contributed by atoms with Gasteiger partial charge in [-0.3, -0.25) is 4.79 Å². The summed E-state index contributed by atoms with van der Waals surface area (Å²) >= 11 is 0. The van der Waals surface area contributed by atoms with Crippen molar-refractivity contribution in [3.63, 3.8) is 0 Å². The highest BCUT2D eigenvalue weighted by molar-refractivity contribution is 7.90. The molecule has 35 heavy (non-hydrogen) atoms. The van der Waals surface area contributed by atoms with E-state index in [4.69, 9.17) is 4.74 Å². The van der Waals surface area contributed by atoms with Gasteiger partial charge < -0.3 is 14.2 Å². The van der Waals surface area contributed by atoms with Gasteiger partial charge in [-0.2, -0.15) is 0 Å². The maximum atomic E-state index is 13.4. The minimum Gasteiger partial charge on any atom is -0.497 e. The number of hydrogen-bond donors (Lipinski definition) is 0. The van der Waals surface area contributed by atoms with E-state index in [1.807, 2.05) is 13.8 Å². The number of sulfone groups is 1. The molecule has 0 bridgehead atoms. The number of methoxy groups -OCH3 is 1. The molecule has 1 saturated carbocycles. The number of benzene rings is 2. The van der Waals surface area contributed by atoms with Gasteiger partial charge in [0.25, 0.3) is 5.91 Å². The first-order chi connectivity index (χ1) is 16.7. The van der Waals surface area contributed by atoms with E-state index in [0.29, 0.717) is 35.0 Å². The maximum absolute atomic E-state index is 13.4. The molecular weight excluding hydrogens is 469 g/mol. The Kier molecular flexibility index (Phi) is 7.25.